The van der Waals surface area contributed by atoms with Crippen molar-refractivity contribution in [3.63, 3.8) is 0 Å². The second-order valence-electron chi connectivity index (χ2n) is 6.48. The van der Waals surface area contributed by atoms with Gasteiger partial charge in [0, 0.05) is 28.4 Å². The number of allylic oxidation sites excluding steroid dienone is 1. The van der Waals surface area contributed by atoms with Gasteiger partial charge < -0.3 is 15.2 Å². The first-order valence-electron chi connectivity index (χ1n) is 8.80. The summed E-state index contributed by atoms with van der Waals surface area (Å²) in [4.78, 5) is 27.3. The van der Waals surface area contributed by atoms with Gasteiger partial charge in [0.25, 0.3) is 5.91 Å². The van der Waals surface area contributed by atoms with Crippen molar-refractivity contribution in [1.29, 1.82) is 0 Å². The van der Waals surface area contributed by atoms with E-state index in [0.717, 1.165) is 6.42 Å². The molecule has 0 aliphatic carbocycles. The first-order valence-corrected chi connectivity index (χ1v) is 9.55. The van der Waals surface area contributed by atoms with Crippen molar-refractivity contribution in [2.75, 3.05) is 11.9 Å². The minimum absolute atomic E-state index is 0.288. The molecule has 7 nitrogen and oxygen atoms in total. The molecule has 3 amide bonds. The van der Waals surface area contributed by atoms with E-state index >= 15 is 0 Å². The van der Waals surface area contributed by atoms with Crippen molar-refractivity contribution in [3.8, 4) is 0 Å². The SMILES string of the molecule is CCCN1C(=O)N[C@@H](c2ccc(Cl)cc2Cl)C(C(=O)Nc2cc(C)on2)=C1C. The van der Waals surface area contributed by atoms with Crippen LogP contribution in [-0.2, 0) is 4.79 Å². The molecule has 1 aliphatic heterocycles. The number of amides is 3. The number of hydrogen-bond acceptors (Lipinski definition) is 4. The first-order chi connectivity index (χ1) is 13.3. The second-order valence-corrected chi connectivity index (χ2v) is 7.32. The minimum atomic E-state index is -0.724. The number of aryl methyl sites for hydroxylation is 1. The van der Waals surface area contributed by atoms with E-state index < -0.39 is 11.9 Å². The van der Waals surface area contributed by atoms with Gasteiger partial charge in [0.2, 0.25) is 0 Å². The maximum absolute atomic E-state index is 13.1. The molecule has 1 aromatic carbocycles. The third kappa shape index (κ3) is 4.00. The number of benzene rings is 1. The summed E-state index contributed by atoms with van der Waals surface area (Å²) in [6.07, 6.45) is 0.745. The molecule has 0 saturated carbocycles. The Labute approximate surface area is 172 Å². The smallest absolute Gasteiger partial charge is 0.322 e. The lowest BCUT2D eigenvalue weighted by Crippen LogP contribution is -2.48. The van der Waals surface area contributed by atoms with Crippen molar-refractivity contribution < 1.29 is 14.1 Å². The molecular formula is C19H20Cl2N4O3. The maximum atomic E-state index is 13.1. The number of hydrogen-bond donors (Lipinski definition) is 2. The largest absolute Gasteiger partial charge is 0.360 e. The van der Waals surface area contributed by atoms with Crippen LogP contribution in [0.1, 0.15) is 37.6 Å². The summed E-state index contributed by atoms with van der Waals surface area (Å²) in [6.45, 7) is 5.92. The van der Waals surface area contributed by atoms with E-state index in [9.17, 15) is 9.59 Å². The molecule has 0 fully saturated rings. The zero-order valence-electron chi connectivity index (χ0n) is 15.7. The summed E-state index contributed by atoms with van der Waals surface area (Å²) in [5.74, 6) is 0.466. The Hall–Kier alpha value is -2.51. The highest BCUT2D eigenvalue weighted by molar-refractivity contribution is 6.35. The second kappa shape index (κ2) is 8.24. The summed E-state index contributed by atoms with van der Waals surface area (Å²) in [7, 11) is 0. The highest BCUT2D eigenvalue weighted by atomic mass is 35.5. The van der Waals surface area contributed by atoms with E-state index in [0.29, 0.717) is 45.0 Å². The van der Waals surface area contributed by atoms with Crippen LogP contribution in [0.2, 0.25) is 10.0 Å². The molecule has 0 unspecified atom stereocenters. The Morgan fingerprint density at radius 2 is 2.07 bits per heavy atom. The minimum Gasteiger partial charge on any atom is -0.360 e. The Morgan fingerprint density at radius 3 is 2.68 bits per heavy atom. The lowest BCUT2D eigenvalue weighted by Gasteiger charge is -2.35. The number of anilines is 1. The molecule has 2 heterocycles. The van der Waals surface area contributed by atoms with Gasteiger partial charge in [0.1, 0.15) is 5.76 Å². The van der Waals surface area contributed by atoms with Gasteiger partial charge in [-0.1, -0.05) is 41.3 Å². The molecular weight excluding hydrogens is 403 g/mol. The summed E-state index contributed by atoms with van der Waals surface area (Å²) in [5, 5.41) is 10.2. The van der Waals surface area contributed by atoms with Crippen LogP contribution in [0.15, 0.2) is 40.1 Å². The first kappa shape index (κ1) is 20.2. The van der Waals surface area contributed by atoms with Crippen LogP contribution in [0.25, 0.3) is 0 Å². The number of carbonyl (C=O) groups is 2. The summed E-state index contributed by atoms with van der Waals surface area (Å²) < 4.78 is 5.00. The topological polar surface area (TPSA) is 87.5 Å². The molecule has 0 radical (unpaired) electrons. The standard InChI is InChI=1S/C19H20Cl2N4O3/c1-4-7-25-11(3)16(18(26)22-15-8-10(2)28-24-15)17(23-19(25)27)13-6-5-12(20)9-14(13)21/h5-6,8-9,17H,4,7H2,1-3H3,(H,23,27)(H,22,24,26)/t17-/m0/s1. The van der Waals surface area contributed by atoms with Crippen LogP contribution in [0, 0.1) is 6.92 Å². The molecule has 1 aliphatic rings. The quantitative estimate of drug-likeness (QED) is 0.731. The summed E-state index contributed by atoms with van der Waals surface area (Å²) in [6, 6.07) is 5.55. The predicted molar refractivity (Wildman–Crippen MR) is 107 cm³/mol. The molecule has 2 N–H and O–H groups in total. The van der Waals surface area contributed by atoms with Crippen LogP contribution >= 0.6 is 23.2 Å². The highest BCUT2D eigenvalue weighted by Gasteiger charge is 2.36. The zero-order valence-corrected chi connectivity index (χ0v) is 17.2. The summed E-state index contributed by atoms with van der Waals surface area (Å²) >= 11 is 12.4. The summed E-state index contributed by atoms with van der Waals surface area (Å²) in [5.41, 5.74) is 1.51. The molecule has 3 rings (SSSR count). The normalized spacial score (nSPS) is 17.0. The van der Waals surface area contributed by atoms with Gasteiger partial charge in [-0.15, -0.1) is 0 Å². The average molecular weight is 423 g/mol. The van der Waals surface area contributed by atoms with Crippen molar-refractivity contribution in [2.45, 2.75) is 33.2 Å². The molecule has 148 valence electrons. The van der Waals surface area contributed by atoms with Crippen molar-refractivity contribution in [1.82, 2.24) is 15.4 Å². The van der Waals surface area contributed by atoms with Gasteiger partial charge in [0.05, 0.1) is 11.6 Å². The number of urea groups is 1. The van der Waals surface area contributed by atoms with Gasteiger partial charge in [-0.3, -0.25) is 9.69 Å². The highest BCUT2D eigenvalue weighted by Crippen LogP contribution is 2.35. The van der Waals surface area contributed by atoms with Crippen LogP contribution in [0.4, 0.5) is 10.6 Å². The Kier molecular flexibility index (Phi) is 5.96. The molecule has 1 atom stereocenters. The number of nitrogens with zero attached hydrogens (tertiary/aromatic N) is 2. The number of carbonyl (C=O) groups excluding carboxylic acids is 2. The molecule has 28 heavy (non-hydrogen) atoms. The van der Waals surface area contributed by atoms with Gasteiger partial charge in [-0.2, -0.15) is 0 Å². The van der Waals surface area contributed by atoms with Gasteiger partial charge in [-0.05, 0) is 38.0 Å². The van der Waals surface area contributed by atoms with Crippen molar-refractivity contribution in [2.24, 2.45) is 0 Å². The van der Waals surface area contributed by atoms with E-state index in [1.54, 1.807) is 43.0 Å². The molecule has 0 bridgehead atoms. The van der Waals surface area contributed by atoms with Crippen LogP contribution in [-0.4, -0.2) is 28.5 Å². The molecule has 0 spiro atoms. The van der Waals surface area contributed by atoms with Gasteiger partial charge in [-0.25, -0.2) is 4.79 Å². The third-order valence-corrected chi connectivity index (χ3v) is 4.99. The fraction of sp³-hybridized carbons (Fsp3) is 0.316. The molecule has 1 aromatic heterocycles. The van der Waals surface area contributed by atoms with E-state index in [4.69, 9.17) is 27.7 Å². The van der Waals surface area contributed by atoms with Crippen LogP contribution in [0.3, 0.4) is 0 Å². The number of nitrogens with one attached hydrogen (secondary N) is 2. The monoisotopic (exact) mass is 422 g/mol. The molecule has 0 saturated heterocycles. The van der Waals surface area contributed by atoms with E-state index in [-0.39, 0.29) is 6.03 Å². The van der Waals surface area contributed by atoms with E-state index in [2.05, 4.69) is 15.8 Å². The van der Waals surface area contributed by atoms with E-state index in [1.165, 1.54) is 0 Å². The van der Waals surface area contributed by atoms with Crippen molar-refractivity contribution >= 4 is 41.0 Å². The fourth-order valence-corrected chi connectivity index (χ4v) is 3.66. The lowest BCUT2D eigenvalue weighted by molar-refractivity contribution is -0.113. The van der Waals surface area contributed by atoms with Crippen LogP contribution < -0.4 is 10.6 Å². The zero-order chi connectivity index (χ0) is 20.4. The number of halogens is 2. The van der Waals surface area contributed by atoms with Gasteiger partial charge >= 0.3 is 6.03 Å². The Morgan fingerprint density at radius 1 is 1.32 bits per heavy atom. The van der Waals surface area contributed by atoms with E-state index in [1.807, 2.05) is 6.92 Å². The molecule has 9 heteroatoms. The molecule has 2 aromatic rings. The number of aromatic nitrogens is 1. The fourth-order valence-electron chi connectivity index (χ4n) is 3.15. The predicted octanol–water partition coefficient (Wildman–Crippen LogP) is 4.68. The Balaban J connectivity index is 2.06. The Bertz CT molecular complexity index is 954. The maximum Gasteiger partial charge on any atom is 0.322 e. The number of rotatable bonds is 5. The van der Waals surface area contributed by atoms with Crippen molar-refractivity contribution in [3.05, 3.63) is 56.9 Å². The average Bonchev–Trinajstić information content (AvgIpc) is 3.02. The van der Waals surface area contributed by atoms with Gasteiger partial charge in [0.15, 0.2) is 5.82 Å². The lowest BCUT2D eigenvalue weighted by atomic mass is 9.94. The van der Waals surface area contributed by atoms with Crippen LogP contribution in [0.5, 0.6) is 0 Å². The third-order valence-electron chi connectivity index (χ3n) is 4.43.